The molecule has 0 N–H and O–H groups in total. The quantitative estimate of drug-likeness (QED) is 0.701. The van der Waals surface area contributed by atoms with Gasteiger partial charge in [0.15, 0.2) is 0 Å². The fraction of sp³-hybridized carbons (Fsp3) is 0.917. The Kier molecular flexibility index (Phi) is 4.14. The Hall–Kier alpha value is -0.570. The Morgan fingerprint density at radius 1 is 1.47 bits per heavy atom. The molecule has 0 aromatic heterocycles. The molecule has 1 heterocycles. The third-order valence-corrected chi connectivity index (χ3v) is 3.27. The van der Waals surface area contributed by atoms with Gasteiger partial charge in [0.25, 0.3) is 0 Å². The number of amides is 1. The lowest BCUT2D eigenvalue weighted by molar-refractivity contribution is -0.137. The topological polar surface area (TPSA) is 29.5 Å². The van der Waals surface area contributed by atoms with Crippen LogP contribution < -0.4 is 0 Å². The minimum absolute atomic E-state index is 0.131. The lowest BCUT2D eigenvalue weighted by Crippen LogP contribution is -2.44. The van der Waals surface area contributed by atoms with E-state index in [9.17, 15) is 4.79 Å². The summed E-state index contributed by atoms with van der Waals surface area (Å²) in [6.07, 6.45) is 2.36. The Balaban J connectivity index is 2.52. The molecule has 88 valence electrons. The first kappa shape index (κ1) is 12.5. The fourth-order valence-electron chi connectivity index (χ4n) is 2.13. The molecular formula is C12H23NO2. The van der Waals surface area contributed by atoms with Crippen molar-refractivity contribution in [3.05, 3.63) is 0 Å². The molecule has 0 saturated carbocycles. The smallest absolute Gasteiger partial charge is 0.248 e. The Bertz CT molecular complexity index is 220. The first-order valence-corrected chi connectivity index (χ1v) is 5.72. The molecule has 3 nitrogen and oxygen atoms in total. The lowest BCUT2D eigenvalue weighted by atomic mass is 9.76. The van der Waals surface area contributed by atoms with Gasteiger partial charge in [-0.1, -0.05) is 20.8 Å². The normalized spacial score (nSPS) is 22.9. The number of hydrogen-bond donors (Lipinski definition) is 0. The molecule has 0 aromatic rings. The molecule has 0 radical (unpaired) electrons. The van der Waals surface area contributed by atoms with Crippen LogP contribution in [-0.2, 0) is 9.53 Å². The van der Waals surface area contributed by atoms with Crippen LogP contribution in [0.2, 0.25) is 0 Å². The zero-order valence-corrected chi connectivity index (χ0v) is 10.4. The summed E-state index contributed by atoms with van der Waals surface area (Å²) in [6.45, 7) is 8.77. The van der Waals surface area contributed by atoms with E-state index in [-0.39, 0.29) is 12.5 Å². The third-order valence-electron chi connectivity index (χ3n) is 3.27. The standard InChI is InChI=1S/C12H23NO2/c1-12(2,3)10-6-5-7-13(8-10)11(14)9-15-4/h10H,5-9H2,1-4H3. The van der Waals surface area contributed by atoms with Gasteiger partial charge >= 0.3 is 0 Å². The molecule has 1 amide bonds. The van der Waals surface area contributed by atoms with Crippen molar-refractivity contribution in [3.8, 4) is 0 Å². The highest BCUT2D eigenvalue weighted by Gasteiger charge is 2.31. The first-order chi connectivity index (χ1) is 6.95. The summed E-state index contributed by atoms with van der Waals surface area (Å²) in [5.74, 6) is 0.749. The molecule has 1 aliphatic rings. The van der Waals surface area contributed by atoms with Gasteiger partial charge in [0, 0.05) is 20.2 Å². The number of hydrogen-bond acceptors (Lipinski definition) is 2. The van der Waals surface area contributed by atoms with E-state index in [1.54, 1.807) is 7.11 Å². The highest BCUT2D eigenvalue weighted by Crippen LogP contribution is 2.33. The average Bonchev–Trinajstić information content (AvgIpc) is 2.17. The van der Waals surface area contributed by atoms with Crippen molar-refractivity contribution in [2.45, 2.75) is 33.6 Å². The van der Waals surface area contributed by atoms with Gasteiger partial charge in [0.2, 0.25) is 5.91 Å². The highest BCUT2D eigenvalue weighted by atomic mass is 16.5. The van der Waals surface area contributed by atoms with Gasteiger partial charge in [0.05, 0.1) is 0 Å². The second kappa shape index (κ2) is 4.97. The van der Waals surface area contributed by atoms with Gasteiger partial charge < -0.3 is 9.64 Å². The molecule has 1 fully saturated rings. The Morgan fingerprint density at radius 2 is 2.13 bits per heavy atom. The van der Waals surface area contributed by atoms with Crippen LogP contribution in [0.3, 0.4) is 0 Å². The second-order valence-corrected chi connectivity index (χ2v) is 5.48. The molecular weight excluding hydrogens is 190 g/mol. The summed E-state index contributed by atoms with van der Waals surface area (Å²) in [7, 11) is 1.57. The SMILES string of the molecule is COCC(=O)N1CCCC(C(C)(C)C)C1. The molecule has 1 rings (SSSR count). The largest absolute Gasteiger partial charge is 0.375 e. The number of rotatable bonds is 2. The molecule has 1 atom stereocenters. The summed E-state index contributed by atoms with van der Waals surface area (Å²) in [4.78, 5) is 13.6. The summed E-state index contributed by atoms with van der Waals surface area (Å²) < 4.78 is 4.89. The average molecular weight is 213 g/mol. The van der Waals surface area contributed by atoms with E-state index < -0.39 is 0 Å². The van der Waals surface area contributed by atoms with Gasteiger partial charge in [0.1, 0.15) is 6.61 Å². The van der Waals surface area contributed by atoms with E-state index in [0.29, 0.717) is 11.3 Å². The summed E-state index contributed by atoms with van der Waals surface area (Å²) >= 11 is 0. The number of piperidine rings is 1. The number of ether oxygens (including phenoxy) is 1. The first-order valence-electron chi connectivity index (χ1n) is 5.72. The van der Waals surface area contributed by atoms with Crippen LogP contribution in [-0.4, -0.2) is 37.6 Å². The molecule has 0 bridgehead atoms. The van der Waals surface area contributed by atoms with E-state index in [1.165, 1.54) is 6.42 Å². The van der Waals surface area contributed by atoms with Crippen LogP contribution in [0.1, 0.15) is 33.6 Å². The van der Waals surface area contributed by atoms with Crippen LogP contribution in [0.4, 0.5) is 0 Å². The Labute approximate surface area is 92.8 Å². The zero-order valence-electron chi connectivity index (χ0n) is 10.4. The molecule has 1 unspecified atom stereocenters. The van der Waals surface area contributed by atoms with Crippen molar-refractivity contribution < 1.29 is 9.53 Å². The van der Waals surface area contributed by atoms with E-state index in [1.807, 2.05) is 4.90 Å². The number of carbonyl (C=O) groups is 1. The van der Waals surface area contributed by atoms with Gasteiger partial charge in [-0.05, 0) is 24.2 Å². The Morgan fingerprint density at radius 3 is 2.67 bits per heavy atom. The monoisotopic (exact) mass is 213 g/mol. The van der Waals surface area contributed by atoms with Crippen LogP contribution in [0.15, 0.2) is 0 Å². The molecule has 0 aliphatic carbocycles. The third kappa shape index (κ3) is 3.49. The van der Waals surface area contributed by atoms with E-state index in [0.717, 1.165) is 19.5 Å². The van der Waals surface area contributed by atoms with Crippen molar-refractivity contribution in [3.63, 3.8) is 0 Å². The maximum Gasteiger partial charge on any atom is 0.248 e. The lowest BCUT2D eigenvalue weighted by Gasteiger charge is -2.39. The molecule has 1 saturated heterocycles. The molecule has 0 spiro atoms. The zero-order chi connectivity index (χ0) is 11.5. The summed E-state index contributed by atoms with van der Waals surface area (Å²) in [5, 5.41) is 0. The maximum atomic E-state index is 11.7. The fourth-order valence-corrected chi connectivity index (χ4v) is 2.13. The minimum atomic E-state index is 0.131. The summed E-state index contributed by atoms with van der Waals surface area (Å²) in [5.41, 5.74) is 0.298. The molecule has 0 aromatic carbocycles. The van der Waals surface area contributed by atoms with Crippen molar-refractivity contribution >= 4 is 5.91 Å². The maximum absolute atomic E-state index is 11.7. The van der Waals surface area contributed by atoms with E-state index in [4.69, 9.17) is 4.74 Å². The molecule has 1 aliphatic heterocycles. The summed E-state index contributed by atoms with van der Waals surface area (Å²) in [6, 6.07) is 0. The second-order valence-electron chi connectivity index (χ2n) is 5.48. The van der Waals surface area contributed by atoms with Crippen molar-refractivity contribution in [1.82, 2.24) is 4.90 Å². The highest BCUT2D eigenvalue weighted by molar-refractivity contribution is 5.77. The predicted octanol–water partition coefficient (Wildman–Crippen LogP) is 1.92. The van der Waals surface area contributed by atoms with Crippen molar-refractivity contribution in [2.75, 3.05) is 26.8 Å². The van der Waals surface area contributed by atoms with Gasteiger partial charge in [-0.15, -0.1) is 0 Å². The van der Waals surface area contributed by atoms with Crippen molar-refractivity contribution in [2.24, 2.45) is 11.3 Å². The number of methoxy groups -OCH3 is 1. The van der Waals surface area contributed by atoms with Crippen LogP contribution in [0.25, 0.3) is 0 Å². The van der Waals surface area contributed by atoms with E-state index in [2.05, 4.69) is 20.8 Å². The van der Waals surface area contributed by atoms with Crippen LogP contribution in [0, 0.1) is 11.3 Å². The number of likely N-dealkylation sites (tertiary alicyclic amines) is 1. The molecule has 15 heavy (non-hydrogen) atoms. The van der Waals surface area contributed by atoms with Crippen LogP contribution >= 0.6 is 0 Å². The molecule has 3 heteroatoms. The van der Waals surface area contributed by atoms with Gasteiger partial charge in [-0.2, -0.15) is 0 Å². The van der Waals surface area contributed by atoms with Gasteiger partial charge in [-0.25, -0.2) is 0 Å². The minimum Gasteiger partial charge on any atom is -0.375 e. The van der Waals surface area contributed by atoms with E-state index >= 15 is 0 Å². The predicted molar refractivity (Wildman–Crippen MR) is 60.6 cm³/mol. The number of carbonyl (C=O) groups excluding carboxylic acids is 1. The van der Waals surface area contributed by atoms with Gasteiger partial charge in [-0.3, -0.25) is 4.79 Å². The number of nitrogens with zero attached hydrogens (tertiary/aromatic N) is 1. The van der Waals surface area contributed by atoms with Crippen molar-refractivity contribution in [1.29, 1.82) is 0 Å². The van der Waals surface area contributed by atoms with Crippen LogP contribution in [0.5, 0.6) is 0 Å².